The van der Waals surface area contributed by atoms with Crippen LogP contribution in [0.25, 0.3) is 39.6 Å². The lowest BCUT2D eigenvalue weighted by atomic mass is 10.1. The topological polar surface area (TPSA) is 139 Å². The van der Waals surface area contributed by atoms with E-state index in [0.29, 0.717) is 22.5 Å². The number of para-hydroxylation sites is 1. The maximum atomic E-state index is 13.1. The number of rotatable bonds is 6. The zero-order valence-electron chi connectivity index (χ0n) is 19.1. The van der Waals surface area contributed by atoms with Crippen LogP contribution in [0, 0.1) is 0 Å². The Morgan fingerprint density at radius 2 is 1.73 bits per heavy atom. The molecule has 0 spiro atoms. The number of Topliss-reactive ketones (excluding diaryl/α,β-unsaturated/α-hetero) is 1. The van der Waals surface area contributed by atoms with Gasteiger partial charge in [-0.2, -0.15) is 9.78 Å². The molecule has 4 aromatic heterocycles. The normalized spacial score (nSPS) is 11.0. The fraction of sp³-hybridized carbons (Fsp3) is 0. The van der Waals surface area contributed by atoms with Crippen molar-refractivity contribution in [2.24, 2.45) is 0 Å². The molecule has 0 unspecified atom stereocenters. The van der Waals surface area contributed by atoms with Gasteiger partial charge in [-0.3, -0.25) is 19.4 Å². The number of furan rings is 1. The lowest BCUT2D eigenvalue weighted by molar-refractivity contribution is -0.112. The van der Waals surface area contributed by atoms with Crippen LogP contribution in [-0.4, -0.2) is 36.4 Å². The second-order valence-corrected chi connectivity index (χ2v) is 8.16. The highest BCUT2D eigenvalue weighted by Gasteiger charge is 2.23. The molecule has 0 aliphatic rings. The summed E-state index contributed by atoms with van der Waals surface area (Å²) >= 11 is 0. The predicted molar refractivity (Wildman–Crippen MR) is 136 cm³/mol. The Balaban J connectivity index is 1.41. The fourth-order valence-corrected chi connectivity index (χ4v) is 4.03. The number of hydrogen-bond acceptors (Lipinski definition) is 6. The number of aromatic amines is 2. The second kappa shape index (κ2) is 8.93. The molecule has 0 atom stereocenters. The highest BCUT2D eigenvalue weighted by molar-refractivity contribution is 6.48. The molecule has 0 fully saturated rings. The molecule has 0 saturated heterocycles. The van der Waals surface area contributed by atoms with Crippen molar-refractivity contribution < 1.29 is 14.0 Å². The van der Waals surface area contributed by atoms with E-state index in [0.717, 1.165) is 11.1 Å². The fourth-order valence-electron chi connectivity index (χ4n) is 4.03. The molecule has 2 aromatic carbocycles. The van der Waals surface area contributed by atoms with E-state index < -0.39 is 17.2 Å². The van der Waals surface area contributed by atoms with E-state index in [-0.39, 0.29) is 17.3 Å². The van der Waals surface area contributed by atoms with Crippen molar-refractivity contribution in [3.05, 3.63) is 107 Å². The summed E-state index contributed by atoms with van der Waals surface area (Å²) in [7, 11) is 0. The summed E-state index contributed by atoms with van der Waals surface area (Å²) in [6.45, 7) is 0. The lowest BCUT2D eigenvalue weighted by Gasteiger charge is -2.09. The smallest absolute Gasteiger partial charge is 0.298 e. The molecule has 180 valence electrons. The SMILES string of the molecule is O=C(Nc1cc(-c2ccco2)nn1-c1nc(-c2ccccc2)cc(=O)[nH]1)C(=O)c1c[nH]c2ccccc12. The Kier molecular flexibility index (Phi) is 5.31. The first-order valence-electron chi connectivity index (χ1n) is 11.3. The first-order valence-corrected chi connectivity index (χ1v) is 11.3. The van der Waals surface area contributed by atoms with E-state index in [1.807, 2.05) is 42.5 Å². The maximum absolute atomic E-state index is 13.1. The van der Waals surface area contributed by atoms with Crippen LogP contribution in [0.3, 0.4) is 0 Å². The van der Waals surface area contributed by atoms with Gasteiger partial charge >= 0.3 is 0 Å². The van der Waals surface area contributed by atoms with Crippen molar-refractivity contribution in [2.45, 2.75) is 0 Å². The van der Waals surface area contributed by atoms with Crippen LogP contribution < -0.4 is 10.9 Å². The van der Waals surface area contributed by atoms with E-state index in [1.165, 1.54) is 29.3 Å². The molecule has 6 aromatic rings. The van der Waals surface area contributed by atoms with Crippen molar-refractivity contribution >= 4 is 28.4 Å². The Hall–Kier alpha value is -5.51. The number of amides is 1. The summed E-state index contributed by atoms with van der Waals surface area (Å²) in [5, 5.41) is 7.73. The summed E-state index contributed by atoms with van der Waals surface area (Å²) in [6, 6.07) is 22.7. The van der Waals surface area contributed by atoms with Gasteiger partial charge < -0.3 is 14.7 Å². The molecule has 0 bridgehead atoms. The minimum Gasteiger partial charge on any atom is -0.463 e. The monoisotopic (exact) mass is 490 g/mol. The third-order valence-electron chi connectivity index (χ3n) is 5.76. The minimum absolute atomic E-state index is 0.0546. The molecule has 0 radical (unpaired) electrons. The molecule has 0 aliphatic carbocycles. The zero-order valence-corrected chi connectivity index (χ0v) is 19.1. The lowest BCUT2D eigenvalue weighted by Crippen LogP contribution is -2.25. The van der Waals surface area contributed by atoms with Crippen molar-refractivity contribution in [1.82, 2.24) is 24.7 Å². The van der Waals surface area contributed by atoms with Gasteiger partial charge in [-0.1, -0.05) is 48.5 Å². The first-order chi connectivity index (χ1) is 18.1. The van der Waals surface area contributed by atoms with E-state index >= 15 is 0 Å². The quantitative estimate of drug-likeness (QED) is 0.236. The van der Waals surface area contributed by atoms with Crippen LogP contribution in [0.5, 0.6) is 0 Å². The number of anilines is 1. The zero-order chi connectivity index (χ0) is 25.4. The second-order valence-electron chi connectivity index (χ2n) is 8.16. The van der Waals surface area contributed by atoms with Crippen LogP contribution in [0.15, 0.2) is 101 Å². The van der Waals surface area contributed by atoms with E-state index in [4.69, 9.17) is 4.42 Å². The van der Waals surface area contributed by atoms with E-state index in [1.54, 1.807) is 24.3 Å². The number of nitrogens with zero attached hydrogens (tertiary/aromatic N) is 3. The van der Waals surface area contributed by atoms with Crippen LogP contribution in [0.4, 0.5) is 5.82 Å². The molecule has 0 aliphatic heterocycles. The van der Waals surface area contributed by atoms with Gasteiger partial charge in [0.15, 0.2) is 5.76 Å². The molecule has 0 saturated carbocycles. The summed E-state index contributed by atoms with van der Waals surface area (Å²) in [5.41, 5.74) is 2.08. The van der Waals surface area contributed by atoms with Crippen LogP contribution >= 0.6 is 0 Å². The van der Waals surface area contributed by atoms with Crippen molar-refractivity contribution in [1.29, 1.82) is 0 Å². The third kappa shape index (κ3) is 4.12. The van der Waals surface area contributed by atoms with Gasteiger partial charge in [0, 0.05) is 34.8 Å². The Morgan fingerprint density at radius 3 is 2.54 bits per heavy atom. The Labute approximate surface area is 208 Å². The van der Waals surface area contributed by atoms with Gasteiger partial charge in [-0.25, -0.2) is 4.98 Å². The van der Waals surface area contributed by atoms with Crippen LogP contribution in [-0.2, 0) is 4.79 Å². The molecular formula is C27H18N6O4. The number of hydrogen-bond donors (Lipinski definition) is 3. The first kappa shape index (κ1) is 22.0. The maximum Gasteiger partial charge on any atom is 0.298 e. The van der Waals surface area contributed by atoms with Gasteiger partial charge in [0.1, 0.15) is 11.5 Å². The summed E-state index contributed by atoms with van der Waals surface area (Å²) in [5.74, 6) is -1.00. The molecule has 10 heteroatoms. The molecule has 3 N–H and O–H groups in total. The van der Waals surface area contributed by atoms with Gasteiger partial charge in [-0.05, 0) is 18.2 Å². The summed E-state index contributed by atoms with van der Waals surface area (Å²) in [6.07, 6.45) is 2.99. The molecule has 6 rings (SSSR count). The van der Waals surface area contributed by atoms with Gasteiger partial charge in [0.2, 0.25) is 5.95 Å². The number of carbonyl (C=O) groups is 2. The third-order valence-corrected chi connectivity index (χ3v) is 5.76. The number of H-pyrrole nitrogens is 2. The highest BCUT2D eigenvalue weighted by atomic mass is 16.3. The van der Waals surface area contributed by atoms with Crippen molar-refractivity contribution in [3.8, 4) is 28.7 Å². The number of aromatic nitrogens is 5. The number of ketones is 1. The minimum atomic E-state index is -0.876. The standard InChI is InChI=1S/C27H18N6O4/c34-24-14-20(16-7-2-1-3-8-16)29-27(31-24)33-23(13-21(32-33)22-11-6-12-37-22)30-26(36)25(35)18-15-28-19-10-5-4-9-17(18)19/h1-15,28H,(H,30,36)(H,29,31,34). The van der Waals surface area contributed by atoms with Gasteiger partial charge in [-0.15, -0.1) is 0 Å². The average Bonchev–Trinajstić information content (AvgIpc) is 3.68. The molecule has 4 heterocycles. The predicted octanol–water partition coefficient (Wildman–Crippen LogP) is 4.19. The van der Waals surface area contributed by atoms with E-state index in [9.17, 15) is 14.4 Å². The van der Waals surface area contributed by atoms with Crippen LogP contribution in [0.1, 0.15) is 10.4 Å². The molecule has 1 amide bonds. The largest absolute Gasteiger partial charge is 0.463 e. The number of benzene rings is 2. The molecular weight excluding hydrogens is 472 g/mol. The number of fused-ring (bicyclic) bond motifs is 1. The Bertz CT molecular complexity index is 1810. The van der Waals surface area contributed by atoms with Crippen LogP contribution in [0.2, 0.25) is 0 Å². The van der Waals surface area contributed by atoms with Gasteiger partial charge in [0.05, 0.1) is 17.5 Å². The summed E-state index contributed by atoms with van der Waals surface area (Å²) < 4.78 is 6.70. The molecule has 37 heavy (non-hydrogen) atoms. The van der Waals surface area contributed by atoms with Crippen molar-refractivity contribution in [3.63, 3.8) is 0 Å². The highest BCUT2D eigenvalue weighted by Crippen LogP contribution is 2.25. The van der Waals surface area contributed by atoms with Gasteiger partial charge in [0.25, 0.3) is 17.2 Å². The number of nitrogens with one attached hydrogen (secondary N) is 3. The Morgan fingerprint density at radius 1 is 0.919 bits per heavy atom. The average molecular weight is 490 g/mol. The van der Waals surface area contributed by atoms with E-state index in [2.05, 4.69) is 25.4 Å². The molecule has 10 nitrogen and oxygen atoms in total. The van der Waals surface area contributed by atoms with Crippen molar-refractivity contribution in [2.75, 3.05) is 5.32 Å². The summed E-state index contributed by atoms with van der Waals surface area (Å²) in [4.78, 5) is 48.8. The number of carbonyl (C=O) groups excluding carboxylic acids is 2.